The average Bonchev–Trinajstić information content (AvgIpc) is 2.47. The highest BCUT2D eigenvalue weighted by atomic mass is 32.2. The van der Waals surface area contributed by atoms with Crippen LogP contribution in [0.2, 0.25) is 0 Å². The third-order valence-electron chi connectivity index (χ3n) is 1.47. The fraction of sp³-hybridized carbons (Fsp3) is 0. The maximum Gasteiger partial charge on any atom is 0.284 e. The Labute approximate surface area is 70.4 Å². The lowest BCUT2D eigenvalue weighted by Gasteiger charge is -1.91. The fourth-order valence-corrected chi connectivity index (χ4v) is 1.38. The summed E-state index contributed by atoms with van der Waals surface area (Å²) in [5, 5.41) is 7.21. The van der Waals surface area contributed by atoms with Crippen LogP contribution in [0.1, 0.15) is 0 Å². The fourth-order valence-electron chi connectivity index (χ4n) is 0.963. The molecule has 1 atom stereocenters. The molecule has 1 unspecified atom stereocenters. The summed E-state index contributed by atoms with van der Waals surface area (Å²) < 4.78 is 20.3. The van der Waals surface area contributed by atoms with E-state index in [1.165, 1.54) is 0 Å². The van der Waals surface area contributed by atoms with Crippen molar-refractivity contribution in [3.05, 3.63) is 24.3 Å². The van der Waals surface area contributed by atoms with Crippen LogP contribution in [-0.2, 0) is 11.3 Å². The van der Waals surface area contributed by atoms with Gasteiger partial charge in [0.2, 0.25) is 0 Å². The van der Waals surface area contributed by atoms with E-state index in [0.29, 0.717) is 11.0 Å². The van der Waals surface area contributed by atoms with Crippen LogP contribution in [0.15, 0.2) is 24.3 Å². The van der Waals surface area contributed by atoms with Gasteiger partial charge in [0.15, 0.2) is 0 Å². The first-order valence-electron chi connectivity index (χ1n) is 3.21. The molecule has 0 saturated carbocycles. The first-order valence-corrected chi connectivity index (χ1v) is 4.27. The second kappa shape index (κ2) is 2.65. The van der Waals surface area contributed by atoms with Crippen LogP contribution in [0, 0.1) is 0 Å². The topological polar surface area (TPSA) is 68.0 Å². The van der Waals surface area contributed by atoms with Crippen molar-refractivity contribution in [2.24, 2.45) is 0 Å². The van der Waals surface area contributed by atoms with E-state index in [4.69, 9.17) is 4.55 Å². The molecule has 0 radical (unpaired) electrons. The van der Waals surface area contributed by atoms with Crippen molar-refractivity contribution in [3.63, 3.8) is 0 Å². The Morgan fingerprint density at radius 1 is 1.42 bits per heavy atom. The molecule has 0 spiro atoms. The van der Waals surface area contributed by atoms with Crippen molar-refractivity contribution in [2.75, 3.05) is 0 Å². The Morgan fingerprint density at radius 2 is 2.17 bits per heavy atom. The van der Waals surface area contributed by atoms with Gasteiger partial charge in [0.05, 0.1) is 0 Å². The van der Waals surface area contributed by atoms with Gasteiger partial charge < -0.3 is 0 Å². The minimum atomic E-state index is -2.13. The lowest BCUT2D eigenvalue weighted by molar-refractivity contribution is 0.547. The molecule has 0 fully saturated rings. The summed E-state index contributed by atoms with van der Waals surface area (Å²) in [6.07, 6.45) is 0. The standard InChI is InChI=1S/C6H5N3O2S/c10-12(11)9-6-4-2-1-3-5(6)7-8-9/h1-4H,(H,10,11). The highest BCUT2D eigenvalue weighted by Crippen LogP contribution is 2.09. The van der Waals surface area contributed by atoms with Crippen LogP contribution in [0.5, 0.6) is 0 Å². The molecule has 0 aliphatic carbocycles. The molecule has 1 aromatic heterocycles. The van der Waals surface area contributed by atoms with E-state index in [1.54, 1.807) is 24.3 Å². The van der Waals surface area contributed by atoms with Gasteiger partial charge in [0, 0.05) is 0 Å². The first kappa shape index (κ1) is 7.38. The number of benzene rings is 1. The van der Waals surface area contributed by atoms with Crippen molar-refractivity contribution >= 4 is 22.3 Å². The predicted molar refractivity (Wildman–Crippen MR) is 43.7 cm³/mol. The normalized spacial score (nSPS) is 13.4. The third kappa shape index (κ3) is 1.01. The lowest BCUT2D eigenvalue weighted by atomic mass is 10.3. The number of hydrogen-bond donors (Lipinski definition) is 1. The summed E-state index contributed by atoms with van der Waals surface area (Å²) in [6, 6.07) is 6.96. The van der Waals surface area contributed by atoms with E-state index in [9.17, 15) is 4.21 Å². The molecule has 0 amide bonds. The zero-order valence-corrected chi connectivity index (χ0v) is 6.73. The Kier molecular flexibility index (Phi) is 1.63. The van der Waals surface area contributed by atoms with Crippen LogP contribution in [0.4, 0.5) is 0 Å². The van der Waals surface area contributed by atoms with E-state index in [2.05, 4.69) is 10.3 Å². The van der Waals surface area contributed by atoms with Crippen molar-refractivity contribution < 1.29 is 8.76 Å². The molecule has 1 N–H and O–H groups in total. The molecule has 5 nitrogen and oxygen atoms in total. The molecule has 2 rings (SSSR count). The van der Waals surface area contributed by atoms with E-state index < -0.39 is 11.3 Å². The van der Waals surface area contributed by atoms with Gasteiger partial charge in [-0.05, 0) is 12.1 Å². The summed E-state index contributed by atoms with van der Waals surface area (Å²) in [6.45, 7) is 0. The summed E-state index contributed by atoms with van der Waals surface area (Å²) in [7, 11) is 0. The molecule has 6 heteroatoms. The molecule has 0 bridgehead atoms. The average molecular weight is 183 g/mol. The zero-order valence-electron chi connectivity index (χ0n) is 5.91. The maximum atomic E-state index is 10.6. The summed E-state index contributed by atoms with van der Waals surface area (Å²) >= 11 is -2.13. The van der Waals surface area contributed by atoms with Crippen LogP contribution in [0.25, 0.3) is 11.0 Å². The smallest absolute Gasteiger partial charge is 0.284 e. The minimum absolute atomic E-state index is 0.554. The van der Waals surface area contributed by atoms with Gasteiger partial charge in [0.1, 0.15) is 11.0 Å². The SMILES string of the molecule is O=S(O)n1nnc2ccccc21. The van der Waals surface area contributed by atoms with Crippen LogP contribution in [0.3, 0.4) is 0 Å². The van der Waals surface area contributed by atoms with Crippen molar-refractivity contribution in [2.45, 2.75) is 0 Å². The van der Waals surface area contributed by atoms with Crippen molar-refractivity contribution in [1.29, 1.82) is 0 Å². The number of para-hydroxylation sites is 1. The zero-order chi connectivity index (χ0) is 8.55. The highest BCUT2D eigenvalue weighted by molar-refractivity contribution is 7.77. The molecule has 1 heterocycles. The Hall–Kier alpha value is -1.27. The summed E-state index contributed by atoms with van der Waals surface area (Å²) in [5.74, 6) is 0. The van der Waals surface area contributed by atoms with Gasteiger partial charge in [0.25, 0.3) is 11.3 Å². The van der Waals surface area contributed by atoms with Gasteiger partial charge in [-0.25, -0.2) is 4.21 Å². The Balaban J connectivity index is 2.79. The maximum absolute atomic E-state index is 10.6. The number of fused-ring (bicyclic) bond motifs is 1. The van der Waals surface area contributed by atoms with Crippen molar-refractivity contribution in [3.8, 4) is 0 Å². The van der Waals surface area contributed by atoms with E-state index in [0.717, 1.165) is 4.09 Å². The molecule has 2 aromatic rings. The summed E-state index contributed by atoms with van der Waals surface area (Å²) in [4.78, 5) is 0. The minimum Gasteiger partial charge on any atom is -0.288 e. The van der Waals surface area contributed by atoms with E-state index in [-0.39, 0.29) is 0 Å². The monoisotopic (exact) mass is 183 g/mol. The number of nitrogens with zero attached hydrogens (tertiary/aromatic N) is 3. The van der Waals surface area contributed by atoms with Gasteiger partial charge >= 0.3 is 0 Å². The van der Waals surface area contributed by atoms with Gasteiger partial charge in [-0.2, -0.15) is 0 Å². The second-order valence-corrected chi connectivity index (χ2v) is 2.99. The number of hydrogen-bond acceptors (Lipinski definition) is 3. The number of rotatable bonds is 1. The van der Waals surface area contributed by atoms with Crippen molar-refractivity contribution in [1.82, 2.24) is 14.4 Å². The Morgan fingerprint density at radius 3 is 2.92 bits per heavy atom. The largest absolute Gasteiger partial charge is 0.288 e. The number of aromatic nitrogens is 3. The quantitative estimate of drug-likeness (QED) is 0.650. The molecule has 0 aliphatic heterocycles. The second-order valence-electron chi connectivity index (χ2n) is 2.18. The molecule has 0 saturated heterocycles. The molecular weight excluding hydrogens is 178 g/mol. The molecule has 62 valence electrons. The third-order valence-corrected chi connectivity index (χ3v) is 2.04. The van der Waals surface area contributed by atoms with Crippen LogP contribution < -0.4 is 0 Å². The Bertz CT molecular complexity index is 439. The molecule has 1 aromatic carbocycles. The van der Waals surface area contributed by atoms with Gasteiger partial charge in [-0.1, -0.05) is 17.3 Å². The summed E-state index contributed by atoms with van der Waals surface area (Å²) in [5.41, 5.74) is 1.17. The molecular formula is C6H5N3O2S. The van der Waals surface area contributed by atoms with Crippen LogP contribution in [-0.4, -0.2) is 23.2 Å². The van der Waals surface area contributed by atoms with E-state index >= 15 is 0 Å². The highest BCUT2D eigenvalue weighted by Gasteiger charge is 2.05. The molecule has 12 heavy (non-hydrogen) atoms. The van der Waals surface area contributed by atoms with Gasteiger partial charge in [-0.15, -0.1) is 9.19 Å². The van der Waals surface area contributed by atoms with E-state index in [1.807, 2.05) is 0 Å². The predicted octanol–water partition coefficient (Wildman–Crippen LogP) is 0.416. The molecule has 0 aliphatic rings. The lowest BCUT2D eigenvalue weighted by Crippen LogP contribution is -2.03. The first-order chi connectivity index (χ1) is 5.79. The van der Waals surface area contributed by atoms with Gasteiger partial charge in [-0.3, -0.25) is 4.55 Å². The van der Waals surface area contributed by atoms with Crippen LogP contribution >= 0.6 is 0 Å².